The molecule has 1 aromatic rings. The van der Waals surface area contributed by atoms with Gasteiger partial charge >= 0.3 is 6.36 Å². The minimum absolute atomic E-state index is 0.0458. The number of benzene rings is 1. The van der Waals surface area contributed by atoms with Gasteiger partial charge in [0, 0.05) is 12.6 Å². The molecular weight excluding hydrogens is 235 g/mol. The highest BCUT2D eigenvalue weighted by molar-refractivity contribution is 5.30. The van der Waals surface area contributed by atoms with E-state index in [2.05, 4.69) is 10.1 Å². The van der Waals surface area contributed by atoms with Gasteiger partial charge in [-0.15, -0.1) is 13.2 Å². The molecule has 0 radical (unpaired) electrons. The van der Waals surface area contributed by atoms with Crippen molar-refractivity contribution in [2.75, 3.05) is 13.7 Å². The Morgan fingerprint density at radius 3 is 2.65 bits per heavy atom. The first-order valence-corrected chi connectivity index (χ1v) is 5.10. The van der Waals surface area contributed by atoms with Crippen LogP contribution in [-0.4, -0.2) is 25.1 Å². The molecule has 3 nitrogen and oxygen atoms in total. The van der Waals surface area contributed by atoms with Crippen LogP contribution in [-0.2, 0) is 0 Å². The second-order valence-corrected chi connectivity index (χ2v) is 3.47. The standard InChI is InChI=1S/C11H14F3NO2/c1-15-10(5-6-16)8-3-2-4-9(7-8)17-11(12,13)14/h2-4,7,10,15-16H,5-6H2,1H3. The van der Waals surface area contributed by atoms with Crippen LogP contribution in [0, 0.1) is 0 Å². The van der Waals surface area contributed by atoms with Crippen molar-refractivity contribution in [1.82, 2.24) is 5.32 Å². The number of rotatable bonds is 5. The van der Waals surface area contributed by atoms with E-state index >= 15 is 0 Å². The Balaban J connectivity index is 2.84. The summed E-state index contributed by atoms with van der Waals surface area (Å²) in [7, 11) is 1.68. The zero-order chi connectivity index (χ0) is 12.9. The predicted molar refractivity (Wildman–Crippen MR) is 56.6 cm³/mol. The molecule has 0 saturated heterocycles. The summed E-state index contributed by atoms with van der Waals surface area (Å²) in [5, 5.41) is 11.7. The Bertz CT molecular complexity index is 355. The van der Waals surface area contributed by atoms with Crippen molar-refractivity contribution in [2.45, 2.75) is 18.8 Å². The second kappa shape index (κ2) is 5.88. The van der Waals surface area contributed by atoms with E-state index in [9.17, 15) is 13.2 Å². The van der Waals surface area contributed by atoms with Crippen LogP contribution in [0.2, 0.25) is 0 Å². The summed E-state index contributed by atoms with van der Waals surface area (Å²) in [6.45, 7) is -0.0458. The largest absolute Gasteiger partial charge is 0.573 e. The molecule has 0 aliphatic heterocycles. The summed E-state index contributed by atoms with van der Waals surface area (Å²) in [5.41, 5.74) is 0.642. The summed E-state index contributed by atoms with van der Waals surface area (Å²) in [6.07, 6.45) is -4.27. The Morgan fingerprint density at radius 1 is 1.41 bits per heavy atom. The highest BCUT2D eigenvalue weighted by atomic mass is 19.4. The maximum atomic E-state index is 12.0. The number of aliphatic hydroxyl groups is 1. The lowest BCUT2D eigenvalue weighted by molar-refractivity contribution is -0.274. The van der Waals surface area contributed by atoms with Crippen LogP contribution in [0.1, 0.15) is 18.0 Å². The number of alkyl halides is 3. The van der Waals surface area contributed by atoms with Crippen LogP contribution >= 0.6 is 0 Å². The molecule has 6 heteroatoms. The molecule has 0 fully saturated rings. The van der Waals surface area contributed by atoms with Crippen LogP contribution in [0.5, 0.6) is 5.75 Å². The van der Waals surface area contributed by atoms with Gasteiger partial charge in [-0.1, -0.05) is 12.1 Å². The summed E-state index contributed by atoms with van der Waals surface area (Å²) in [6, 6.07) is 5.52. The summed E-state index contributed by atoms with van der Waals surface area (Å²) < 4.78 is 39.9. The van der Waals surface area contributed by atoms with Gasteiger partial charge in [-0.3, -0.25) is 0 Å². The van der Waals surface area contributed by atoms with Crippen molar-refractivity contribution in [3.05, 3.63) is 29.8 Å². The third-order valence-corrected chi connectivity index (χ3v) is 2.26. The minimum atomic E-state index is -4.69. The average Bonchev–Trinajstić information content (AvgIpc) is 2.24. The first kappa shape index (κ1) is 13.8. The quantitative estimate of drug-likeness (QED) is 0.840. The molecule has 1 aromatic carbocycles. The normalized spacial score (nSPS) is 13.5. The lowest BCUT2D eigenvalue weighted by atomic mass is 10.0. The number of ether oxygens (including phenoxy) is 1. The highest BCUT2D eigenvalue weighted by Crippen LogP contribution is 2.26. The van der Waals surface area contributed by atoms with E-state index in [0.717, 1.165) is 0 Å². The first-order chi connectivity index (χ1) is 7.96. The third-order valence-electron chi connectivity index (χ3n) is 2.26. The van der Waals surface area contributed by atoms with E-state index in [0.29, 0.717) is 12.0 Å². The van der Waals surface area contributed by atoms with E-state index in [-0.39, 0.29) is 18.4 Å². The fraction of sp³-hybridized carbons (Fsp3) is 0.455. The van der Waals surface area contributed by atoms with Crippen molar-refractivity contribution < 1.29 is 23.0 Å². The predicted octanol–water partition coefficient (Wildman–Crippen LogP) is 2.23. The number of aliphatic hydroxyl groups excluding tert-OH is 1. The summed E-state index contributed by atoms with van der Waals surface area (Å²) in [5.74, 6) is -0.256. The molecule has 0 aromatic heterocycles. The van der Waals surface area contributed by atoms with Gasteiger partial charge < -0.3 is 15.2 Å². The van der Waals surface area contributed by atoms with Gasteiger partial charge in [-0.05, 0) is 31.2 Å². The Labute approximate surface area is 97.2 Å². The monoisotopic (exact) mass is 249 g/mol. The third kappa shape index (κ3) is 4.62. The Hall–Kier alpha value is -1.27. The number of nitrogens with one attached hydrogen (secondary N) is 1. The maximum absolute atomic E-state index is 12.0. The van der Waals surface area contributed by atoms with Crippen molar-refractivity contribution in [2.24, 2.45) is 0 Å². The fourth-order valence-electron chi connectivity index (χ4n) is 1.54. The molecule has 2 N–H and O–H groups in total. The zero-order valence-corrected chi connectivity index (χ0v) is 9.29. The van der Waals surface area contributed by atoms with Crippen LogP contribution in [0.3, 0.4) is 0 Å². The molecule has 0 bridgehead atoms. The SMILES string of the molecule is CNC(CCO)c1cccc(OC(F)(F)F)c1. The van der Waals surface area contributed by atoms with Gasteiger partial charge in [0.1, 0.15) is 5.75 Å². The number of hydrogen-bond donors (Lipinski definition) is 2. The lowest BCUT2D eigenvalue weighted by Gasteiger charge is -2.16. The zero-order valence-electron chi connectivity index (χ0n) is 9.29. The molecule has 0 amide bonds. The van der Waals surface area contributed by atoms with Crippen molar-refractivity contribution in [3.8, 4) is 5.75 Å². The van der Waals surface area contributed by atoms with Crippen molar-refractivity contribution >= 4 is 0 Å². The van der Waals surface area contributed by atoms with Crippen LogP contribution in [0.4, 0.5) is 13.2 Å². The van der Waals surface area contributed by atoms with E-state index in [1.165, 1.54) is 18.2 Å². The molecule has 0 saturated carbocycles. The average molecular weight is 249 g/mol. The molecule has 17 heavy (non-hydrogen) atoms. The Kier molecular flexibility index (Phi) is 4.77. The van der Waals surface area contributed by atoms with E-state index in [1.807, 2.05) is 0 Å². The summed E-state index contributed by atoms with van der Waals surface area (Å²) >= 11 is 0. The molecule has 96 valence electrons. The molecule has 1 unspecified atom stereocenters. The van der Waals surface area contributed by atoms with Gasteiger partial charge in [0.2, 0.25) is 0 Å². The highest BCUT2D eigenvalue weighted by Gasteiger charge is 2.31. The van der Waals surface area contributed by atoms with Crippen molar-refractivity contribution in [3.63, 3.8) is 0 Å². The number of halogens is 3. The van der Waals surface area contributed by atoms with E-state index < -0.39 is 6.36 Å². The van der Waals surface area contributed by atoms with Gasteiger partial charge in [-0.2, -0.15) is 0 Å². The van der Waals surface area contributed by atoms with Gasteiger partial charge in [0.15, 0.2) is 0 Å². The lowest BCUT2D eigenvalue weighted by Crippen LogP contribution is -2.19. The topological polar surface area (TPSA) is 41.5 Å². The molecule has 0 heterocycles. The van der Waals surface area contributed by atoms with E-state index in [1.54, 1.807) is 13.1 Å². The van der Waals surface area contributed by atoms with E-state index in [4.69, 9.17) is 5.11 Å². The maximum Gasteiger partial charge on any atom is 0.573 e. The smallest absolute Gasteiger partial charge is 0.406 e. The number of hydrogen-bond acceptors (Lipinski definition) is 3. The van der Waals surface area contributed by atoms with Gasteiger partial charge in [0.05, 0.1) is 0 Å². The minimum Gasteiger partial charge on any atom is -0.406 e. The summed E-state index contributed by atoms with van der Waals surface area (Å²) in [4.78, 5) is 0. The van der Waals surface area contributed by atoms with Gasteiger partial charge in [0.25, 0.3) is 0 Å². The molecule has 1 rings (SSSR count). The second-order valence-electron chi connectivity index (χ2n) is 3.47. The molecular formula is C11H14F3NO2. The Morgan fingerprint density at radius 2 is 2.12 bits per heavy atom. The van der Waals surface area contributed by atoms with Crippen LogP contribution < -0.4 is 10.1 Å². The molecule has 0 aliphatic rings. The van der Waals surface area contributed by atoms with Crippen molar-refractivity contribution in [1.29, 1.82) is 0 Å². The fourth-order valence-corrected chi connectivity index (χ4v) is 1.54. The molecule has 0 spiro atoms. The molecule has 0 aliphatic carbocycles. The van der Waals surface area contributed by atoms with Gasteiger partial charge in [-0.25, -0.2) is 0 Å². The van der Waals surface area contributed by atoms with Crippen LogP contribution in [0.15, 0.2) is 24.3 Å². The van der Waals surface area contributed by atoms with Crippen LogP contribution in [0.25, 0.3) is 0 Å². The first-order valence-electron chi connectivity index (χ1n) is 5.10. The molecule has 1 atom stereocenters.